The van der Waals surface area contributed by atoms with Crippen molar-refractivity contribution in [1.29, 1.82) is 0 Å². The number of hydrogen-bond acceptors (Lipinski definition) is 5. The van der Waals surface area contributed by atoms with Gasteiger partial charge < -0.3 is 11.1 Å². The number of nitrogens with one attached hydrogen (secondary N) is 1. The second kappa shape index (κ2) is 5.48. The lowest BCUT2D eigenvalue weighted by Crippen LogP contribution is -2.14. The second-order valence-corrected chi connectivity index (χ2v) is 4.37. The van der Waals surface area contributed by atoms with E-state index in [-0.39, 0.29) is 0 Å². The molecule has 2 rings (SSSR count). The first-order chi connectivity index (χ1) is 8.68. The average molecular weight is 246 g/mol. The molecule has 0 bridgehead atoms. The van der Waals surface area contributed by atoms with Crippen LogP contribution in [0.1, 0.15) is 25.3 Å². The molecule has 0 spiro atoms. The molecule has 0 aromatic carbocycles. The van der Waals surface area contributed by atoms with E-state index in [1.165, 1.54) is 6.33 Å². The summed E-state index contributed by atoms with van der Waals surface area (Å²) in [6.45, 7) is 5.69. The van der Waals surface area contributed by atoms with E-state index in [0.29, 0.717) is 11.7 Å². The van der Waals surface area contributed by atoms with E-state index in [1.807, 2.05) is 16.9 Å². The Bertz CT molecular complexity index is 491. The normalized spacial score (nSPS) is 10.8. The number of hydrogen-bond donors (Lipinski definition) is 2. The van der Waals surface area contributed by atoms with Crippen LogP contribution in [-0.4, -0.2) is 26.3 Å². The van der Waals surface area contributed by atoms with E-state index >= 15 is 0 Å². The molecule has 3 N–H and O–H groups in total. The van der Waals surface area contributed by atoms with Gasteiger partial charge in [-0.3, -0.25) is 4.68 Å². The molecule has 0 radical (unpaired) electrons. The summed E-state index contributed by atoms with van der Waals surface area (Å²) in [5.41, 5.74) is 6.85. The first kappa shape index (κ1) is 12.3. The summed E-state index contributed by atoms with van der Waals surface area (Å²) in [7, 11) is 0. The average Bonchev–Trinajstić information content (AvgIpc) is 2.81. The molecule has 0 atom stereocenters. The summed E-state index contributed by atoms with van der Waals surface area (Å²) < 4.78 is 1.87. The van der Waals surface area contributed by atoms with Crippen molar-refractivity contribution in [3.8, 4) is 0 Å². The van der Waals surface area contributed by atoms with Gasteiger partial charge in [0.1, 0.15) is 18.0 Å². The Morgan fingerprint density at radius 3 is 2.89 bits per heavy atom. The van der Waals surface area contributed by atoms with Crippen molar-refractivity contribution in [2.75, 3.05) is 17.6 Å². The molecule has 0 aliphatic rings. The lowest BCUT2D eigenvalue weighted by Gasteiger charge is -2.14. The Labute approximate surface area is 106 Å². The van der Waals surface area contributed by atoms with E-state index in [4.69, 9.17) is 5.73 Å². The molecule has 0 fully saturated rings. The molecule has 6 heteroatoms. The van der Waals surface area contributed by atoms with Gasteiger partial charge in [0, 0.05) is 24.5 Å². The van der Waals surface area contributed by atoms with Crippen LogP contribution in [-0.2, 0) is 6.54 Å². The van der Waals surface area contributed by atoms with Crippen LogP contribution in [0.4, 0.5) is 11.6 Å². The number of aromatic nitrogens is 4. The van der Waals surface area contributed by atoms with E-state index in [2.05, 4.69) is 34.2 Å². The van der Waals surface area contributed by atoms with Crippen molar-refractivity contribution in [3.63, 3.8) is 0 Å². The zero-order chi connectivity index (χ0) is 13.0. The van der Waals surface area contributed by atoms with Gasteiger partial charge in [-0.25, -0.2) is 9.97 Å². The predicted molar refractivity (Wildman–Crippen MR) is 71.3 cm³/mol. The molecule has 0 unspecified atom stereocenters. The van der Waals surface area contributed by atoms with Crippen molar-refractivity contribution in [1.82, 2.24) is 19.7 Å². The number of nitrogen functional groups attached to an aromatic ring is 1. The van der Waals surface area contributed by atoms with E-state index in [0.717, 1.165) is 24.5 Å². The van der Waals surface area contributed by atoms with Crippen molar-refractivity contribution in [2.24, 2.45) is 0 Å². The van der Waals surface area contributed by atoms with E-state index in [1.54, 1.807) is 6.20 Å². The molecular formula is C12H18N6. The van der Waals surface area contributed by atoms with Crippen LogP contribution in [0.5, 0.6) is 0 Å². The smallest absolute Gasteiger partial charge is 0.135 e. The zero-order valence-corrected chi connectivity index (χ0v) is 10.7. The Morgan fingerprint density at radius 1 is 1.39 bits per heavy atom. The summed E-state index contributed by atoms with van der Waals surface area (Å²) >= 11 is 0. The van der Waals surface area contributed by atoms with Crippen molar-refractivity contribution in [3.05, 3.63) is 30.4 Å². The van der Waals surface area contributed by atoms with E-state index in [9.17, 15) is 0 Å². The SMILES string of the molecule is CC(C)c1c(N)ncnc1NCCn1cccn1. The highest BCUT2D eigenvalue weighted by Crippen LogP contribution is 2.25. The Morgan fingerprint density at radius 2 is 2.22 bits per heavy atom. The lowest BCUT2D eigenvalue weighted by molar-refractivity contribution is 0.636. The third-order valence-corrected chi connectivity index (χ3v) is 2.68. The maximum absolute atomic E-state index is 5.88. The fourth-order valence-electron chi connectivity index (χ4n) is 1.84. The standard InChI is InChI=1S/C12H18N6/c1-9(2)10-11(13)15-8-16-12(10)14-5-7-18-6-3-4-17-18/h3-4,6,8-9H,5,7H2,1-2H3,(H3,13,14,15,16). The van der Waals surface area contributed by atoms with Gasteiger partial charge in [0.15, 0.2) is 0 Å². The first-order valence-corrected chi connectivity index (χ1v) is 6.00. The monoisotopic (exact) mass is 246 g/mol. The molecule has 0 saturated heterocycles. The maximum Gasteiger partial charge on any atom is 0.135 e. The number of nitrogens with zero attached hydrogens (tertiary/aromatic N) is 4. The molecule has 2 aromatic heterocycles. The maximum atomic E-state index is 5.88. The summed E-state index contributed by atoms with van der Waals surface area (Å²) in [6, 6.07) is 1.90. The van der Waals surface area contributed by atoms with Crippen LogP contribution < -0.4 is 11.1 Å². The van der Waals surface area contributed by atoms with Gasteiger partial charge in [-0.15, -0.1) is 0 Å². The fourth-order valence-corrected chi connectivity index (χ4v) is 1.84. The van der Waals surface area contributed by atoms with Gasteiger partial charge in [-0.05, 0) is 12.0 Å². The fraction of sp³-hybridized carbons (Fsp3) is 0.417. The lowest BCUT2D eigenvalue weighted by atomic mass is 10.0. The van der Waals surface area contributed by atoms with Crippen LogP contribution in [0.15, 0.2) is 24.8 Å². The number of nitrogens with two attached hydrogens (primary N) is 1. The third-order valence-electron chi connectivity index (χ3n) is 2.68. The second-order valence-electron chi connectivity index (χ2n) is 4.37. The Kier molecular flexibility index (Phi) is 3.76. The number of rotatable bonds is 5. The van der Waals surface area contributed by atoms with Crippen LogP contribution in [0.3, 0.4) is 0 Å². The van der Waals surface area contributed by atoms with Gasteiger partial charge in [0.25, 0.3) is 0 Å². The van der Waals surface area contributed by atoms with Crippen LogP contribution >= 0.6 is 0 Å². The molecular weight excluding hydrogens is 228 g/mol. The minimum Gasteiger partial charge on any atom is -0.383 e. The minimum absolute atomic E-state index is 0.290. The van der Waals surface area contributed by atoms with Crippen LogP contribution in [0.2, 0.25) is 0 Å². The summed E-state index contributed by atoms with van der Waals surface area (Å²) in [5.74, 6) is 1.64. The van der Waals surface area contributed by atoms with Gasteiger partial charge in [0.2, 0.25) is 0 Å². The molecule has 2 aromatic rings. The molecule has 0 aliphatic heterocycles. The van der Waals surface area contributed by atoms with E-state index < -0.39 is 0 Å². The molecule has 18 heavy (non-hydrogen) atoms. The van der Waals surface area contributed by atoms with Gasteiger partial charge in [0.05, 0.1) is 6.54 Å². The third kappa shape index (κ3) is 2.77. The molecule has 0 amide bonds. The Balaban J connectivity index is 2.03. The highest BCUT2D eigenvalue weighted by Gasteiger charge is 2.12. The molecule has 96 valence electrons. The van der Waals surface area contributed by atoms with Gasteiger partial charge in [-0.1, -0.05) is 13.8 Å². The quantitative estimate of drug-likeness (QED) is 0.835. The molecule has 2 heterocycles. The summed E-state index contributed by atoms with van der Waals surface area (Å²) in [6.07, 6.45) is 5.18. The van der Waals surface area contributed by atoms with Crippen molar-refractivity contribution in [2.45, 2.75) is 26.3 Å². The summed E-state index contributed by atoms with van der Waals surface area (Å²) in [4.78, 5) is 8.28. The molecule has 0 saturated carbocycles. The molecule has 6 nitrogen and oxygen atoms in total. The summed E-state index contributed by atoms with van der Waals surface area (Å²) in [5, 5.41) is 7.42. The van der Waals surface area contributed by atoms with Gasteiger partial charge >= 0.3 is 0 Å². The Hall–Kier alpha value is -2.11. The largest absolute Gasteiger partial charge is 0.383 e. The van der Waals surface area contributed by atoms with Gasteiger partial charge in [-0.2, -0.15) is 5.10 Å². The predicted octanol–water partition coefficient (Wildman–Crippen LogP) is 1.49. The van der Waals surface area contributed by atoms with Crippen LogP contribution in [0.25, 0.3) is 0 Å². The topological polar surface area (TPSA) is 81.6 Å². The first-order valence-electron chi connectivity index (χ1n) is 6.00. The molecule has 0 aliphatic carbocycles. The zero-order valence-electron chi connectivity index (χ0n) is 10.7. The van der Waals surface area contributed by atoms with Crippen molar-refractivity contribution >= 4 is 11.6 Å². The minimum atomic E-state index is 0.290. The number of anilines is 2. The highest BCUT2D eigenvalue weighted by molar-refractivity contribution is 5.56. The van der Waals surface area contributed by atoms with Crippen LogP contribution in [0, 0.1) is 0 Å². The highest BCUT2D eigenvalue weighted by atomic mass is 15.3. The van der Waals surface area contributed by atoms with Crippen molar-refractivity contribution < 1.29 is 0 Å².